The molecule has 0 radical (unpaired) electrons. The molecule has 0 saturated heterocycles. The van der Waals surface area contributed by atoms with E-state index in [4.69, 9.17) is 4.98 Å². The SMILES string of the molecule is CCCCCN(Cc1nc2cccnc2n1C1CCCC1)C(=O)c1ccccc1. The van der Waals surface area contributed by atoms with Gasteiger partial charge in [-0.25, -0.2) is 9.97 Å². The number of rotatable bonds is 8. The predicted molar refractivity (Wildman–Crippen MR) is 116 cm³/mol. The Hall–Kier alpha value is -2.69. The number of hydrogen-bond acceptors (Lipinski definition) is 3. The number of imidazole rings is 1. The molecule has 0 N–H and O–H groups in total. The van der Waals surface area contributed by atoms with Gasteiger partial charge in [-0.15, -0.1) is 0 Å². The molecule has 2 aromatic heterocycles. The zero-order chi connectivity index (χ0) is 20.1. The van der Waals surface area contributed by atoms with Crippen LogP contribution < -0.4 is 0 Å². The van der Waals surface area contributed by atoms with Crippen molar-refractivity contribution in [2.75, 3.05) is 6.54 Å². The number of fused-ring (bicyclic) bond motifs is 1. The van der Waals surface area contributed by atoms with Crippen LogP contribution in [0.25, 0.3) is 11.2 Å². The molecule has 0 aliphatic heterocycles. The summed E-state index contributed by atoms with van der Waals surface area (Å²) in [6.07, 6.45) is 9.94. The van der Waals surface area contributed by atoms with E-state index in [1.807, 2.05) is 53.6 Å². The highest BCUT2D eigenvalue weighted by molar-refractivity contribution is 5.94. The summed E-state index contributed by atoms with van der Waals surface area (Å²) in [5, 5.41) is 0. The molecule has 152 valence electrons. The van der Waals surface area contributed by atoms with E-state index in [9.17, 15) is 4.79 Å². The molecule has 0 spiro atoms. The highest BCUT2D eigenvalue weighted by Crippen LogP contribution is 2.33. The molecule has 5 heteroatoms. The Morgan fingerprint density at radius 2 is 1.90 bits per heavy atom. The number of carbonyl (C=O) groups is 1. The molecule has 4 rings (SSSR count). The molecule has 1 saturated carbocycles. The van der Waals surface area contributed by atoms with Crippen LogP contribution in [0, 0.1) is 0 Å². The van der Waals surface area contributed by atoms with Gasteiger partial charge >= 0.3 is 0 Å². The van der Waals surface area contributed by atoms with E-state index in [0.29, 0.717) is 12.6 Å². The fourth-order valence-electron chi connectivity index (χ4n) is 4.37. The Morgan fingerprint density at radius 1 is 1.10 bits per heavy atom. The zero-order valence-corrected chi connectivity index (χ0v) is 17.3. The van der Waals surface area contributed by atoms with Crippen LogP contribution in [0.2, 0.25) is 0 Å². The standard InChI is InChI=1S/C24H30N4O/c1-2-3-9-17-27(24(29)19-11-5-4-6-12-19)18-22-26-21-15-10-16-25-23(21)28(22)20-13-7-8-14-20/h4-6,10-12,15-16,20H,2-3,7-9,13-14,17-18H2,1H3. The number of nitrogens with zero attached hydrogens (tertiary/aromatic N) is 4. The second-order valence-corrected chi connectivity index (χ2v) is 7.98. The van der Waals surface area contributed by atoms with E-state index >= 15 is 0 Å². The van der Waals surface area contributed by atoms with Crippen molar-refractivity contribution in [2.45, 2.75) is 64.5 Å². The number of carbonyl (C=O) groups excluding carboxylic acids is 1. The second-order valence-electron chi connectivity index (χ2n) is 7.98. The van der Waals surface area contributed by atoms with Crippen molar-refractivity contribution < 1.29 is 4.79 Å². The van der Waals surface area contributed by atoms with Gasteiger partial charge in [-0.2, -0.15) is 0 Å². The van der Waals surface area contributed by atoms with Crippen molar-refractivity contribution >= 4 is 17.1 Å². The van der Waals surface area contributed by atoms with Crippen molar-refractivity contribution in [1.29, 1.82) is 0 Å². The maximum atomic E-state index is 13.3. The van der Waals surface area contributed by atoms with Crippen molar-refractivity contribution in [2.24, 2.45) is 0 Å². The molecule has 0 unspecified atom stereocenters. The van der Waals surface area contributed by atoms with E-state index in [1.54, 1.807) is 0 Å². The normalized spacial score (nSPS) is 14.5. The molecular formula is C24H30N4O. The van der Waals surface area contributed by atoms with E-state index in [2.05, 4.69) is 16.5 Å². The van der Waals surface area contributed by atoms with Crippen LogP contribution in [0.3, 0.4) is 0 Å². The lowest BCUT2D eigenvalue weighted by molar-refractivity contribution is 0.0733. The van der Waals surface area contributed by atoms with Gasteiger partial charge in [0, 0.05) is 24.3 Å². The third kappa shape index (κ3) is 4.34. The van der Waals surface area contributed by atoms with Gasteiger partial charge in [0.05, 0.1) is 6.54 Å². The molecule has 1 aliphatic carbocycles. The smallest absolute Gasteiger partial charge is 0.254 e. The third-order valence-electron chi connectivity index (χ3n) is 5.88. The molecule has 0 atom stereocenters. The van der Waals surface area contributed by atoms with Gasteiger partial charge in [0.1, 0.15) is 11.3 Å². The minimum atomic E-state index is 0.0830. The van der Waals surface area contributed by atoms with Crippen LogP contribution in [0.1, 0.15) is 74.1 Å². The van der Waals surface area contributed by atoms with Crippen LogP contribution in [0.4, 0.5) is 0 Å². The van der Waals surface area contributed by atoms with Crippen LogP contribution >= 0.6 is 0 Å². The summed E-state index contributed by atoms with van der Waals surface area (Å²) in [6.45, 7) is 3.47. The van der Waals surface area contributed by atoms with Crippen molar-refractivity contribution in [3.8, 4) is 0 Å². The fraction of sp³-hybridized carbons (Fsp3) is 0.458. The quantitative estimate of drug-likeness (QED) is 0.485. The predicted octanol–water partition coefficient (Wildman–Crippen LogP) is 5.38. The van der Waals surface area contributed by atoms with Gasteiger partial charge in [-0.1, -0.05) is 50.8 Å². The molecular weight excluding hydrogens is 360 g/mol. The van der Waals surface area contributed by atoms with E-state index < -0.39 is 0 Å². The van der Waals surface area contributed by atoms with Crippen molar-refractivity contribution in [3.63, 3.8) is 0 Å². The van der Waals surface area contributed by atoms with Gasteiger partial charge in [0.2, 0.25) is 0 Å². The zero-order valence-electron chi connectivity index (χ0n) is 17.3. The number of hydrogen-bond donors (Lipinski definition) is 0. The first kappa shape index (κ1) is 19.6. The number of amides is 1. The summed E-state index contributed by atoms with van der Waals surface area (Å²) in [6, 6.07) is 14.0. The Bertz CT molecular complexity index is 944. The fourth-order valence-corrected chi connectivity index (χ4v) is 4.37. The summed E-state index contributed by atoms with van der Waals surface area (Å²) < 4.78 is 2.31. The minimum Gasteiger partial charge on any atom is -0.331 e. The average molecular weight is 391 g/mol. The molecule has 3 aromatic rings. The Balaban J connectivity index is 1.66. The van der Waals surface area contributed by atoms with E-state index in [0.717, 1.165) is 61.2 Å². The lowest BCUT2D eigenvalue weighted by Crippen LogP contribution is -2.33. The lowest BCUT2D eigenvalue weighted by atomic mass is 10.1. The average Bonchev–Trinajstić information content (AvgIpc) is 3.40. The highest BCUT2D eigenvalue weighted by atomic mass is 16.2. The highest BCUT2D eigenvalue weighted by Gasteiger charge is 2.25. The lowest BCUT2D eigenvalue weighted by Gasteiger charge is -2.24. The summed E-state index contributed by atoms with van der Waals surface area (Å²) in [5.74, 6) is 1.05. The molecule has 1 fully saturated rings. The molecule has 1 aliphatic rings. The van der Waals surface area contributed by atoms with Crippen LogP contribution in [0.15, 0.2) is 48.7 Å². The van der Waals surface area contributed by atoms with E-state index in [1.165, 1.54) is 12.8 Å². The number of unbranched alkanes of at least 4 members (excludes halogenated alkanes) is 2. The van der Waals surface area contributed by atoms with E-state index in [-0.39, 0.29) is 5.91 Å². The van der Waals surface area contributed by atoms with Crippen LogP contribution in [-0.2, 0) is 6.54 Å². The maximum Gasteiger partial charge on any atom is 0.254 e. The number of aromatic nitrogens is 3. The number of pyridine rings is 1. The topological polar surface area (TPSA) is 51.0 Å². The Kier molecular flexibility index (Phi) is 6.23. The number of benzene rings is 1. The second kappa shape index (κ2) is 9.21. The van der Waals surface area contributed by atoms with Gasteiger partial charge in [-0.3, -0.25) is 4.79 Å². The molecule has 1 aromatic carbocycles. The monoisotopic (exact) mass is 390 g/mol. The summed E-state index contributed by atoms with van der Waals surface area (Å²) >= 11 is 0. The molecule has 29 heavy (non-hydrogen) atoms. The van der Waals surface area contributed by atoms with Gasteiger partial charge < -0.3 is 9.47 Å². The van der Waals surface area contributed by atoms with Crippen LogP contribution in [0.5, 0.6) is 0 Å². The minimum absolute atomic E-state index is 0.0830. The van der Waals surface area contributed by atoms with Gasteiger partial charge in [-0.05, 0) is 43.5 Å². The van der Waals surface area contributed by atoms with Gasteiger partial charge in [0.15, 0.2) is 5.65 Å². The first-order valence-electron chi connectivity index (χ1n) is 10.9. The maximum absolute atomic E-state index is 13.3. The molecule has 2 heterocycles. The molecule has 1 amide bonds. The summed E-state index contributed by atoms with van der Waals surface area (Å²) in [5.41, 5.74) is 2.62. The molecule has 5 nitrogen and oxygen atoms in total. The first-order valence-corrected chi connectivity index (χ1v) is 10.9. The van der Waals surface area contributed by atoms with Crippen LogP contribution in [-0.4, -0.2) is 31.9 Å². The van der Waals surface area contributed by atoms with Gasteiger partial charge in [0.25, 0.3) is 5.91 Å². The van der Waals surface area contributed by atoms with Crippen molar-refractivity contribution in [1.82, 2.24) is 19.4 Å². The largest absolute Gasteiger partial charge is 0.331 e. The summed E-state index contributed by atoms with van der Waals surface area (Å²) in [4.78, 5) is 24.8. The molecule has 0 bridgehead atoms. The summed E-state index contributed by atoms with van der Waals surface area (Å²) in [7, 11) is 0. The Morgan fingerprint density at radius 3 is 2.66 bits per heavy atom. The van der Waals surface area contributed by atoms with Crippen molar-refractivity contribution in [3.05, 3.63) is 60.0 Å². The first-order chi connectivity index (χ1) is 14.3. The Labute approximate surface area is 172 Å². The third-order valence-corrected chi connectivity index (χ3v) is 5.88.